The normalized spacial score (nSPS) is 12.4. The van der Waals surface area contributed by atoms with Crippen molar-refractivity contribution in [3.8, 4) is 11.5 Å². The molecule has 1 aromatic carbocycles. The number of benzene rings is 1. The van der Waals surface area contributed by atoms with E-state index in [0.29, 0.717) is 0 Å². The number of methoxy groups -OCH3 is 2. The van der Waals surface area contributed by atoms with E-state index in [-0.39, 0.29) is 24.0 Å². The average Bonchev–Trinajstić information content (AvgIpc) is 3.01. The highest BCUT2D eigenvalue weighted by atomic mass is 35.5. The second kappa shape index (κ2) is 8.59. The summed E-state index contributed by atoms with van der Waals surface area (Å²) in [5.41, 5.74) is 3.56. The van der Waals surface area contributed by atoms with Crippen LogP contribution in [0.15, 0.2) is 24.5 Å². The number of hydrogen-bond acceptors (Lipinski definition) is 4. The van der Waals surface area contributed by atoms with Gasteiger partial charge in [0.25, 0.3) is 0 Å². The molecule has 0 bridgehead atoms. The monoisotopic (exact) mass is 367 g/mol. The van der Waals surface area contributed by atoms with Gasteiger partial charge in [0.05, 0.1) is 26.0 Å². The quantitative estimate of drug-likeness (QED) is 0.829. The third-order valence-corrected chi connectivity index (χ3v) is 4.17. The highest BCUT2D eigenvalue weighted by Crippen LogP contribution is 2.32. The standard InChI is InChI=1S/C19H29N3O2.ClH/c1-13-8-17(23-6)18(24-7)9-16(13)14(2)20-10-15-11-21-22(12-15)19(3,4)5;/h8-9,11-12,14,20H,10H2,1-7H3;1H. The Morgan fingerprint density at radius 3 is 2.28 bits per heavy atom. The molecule has 25 heavy (non-hydrogen) atoms. The van der Waals surface area contributed by atoms with Crippen LogP contribution in [-0.4, -0.2) is 24.0 Å². The van der Waals surface area contributed by atoms with Crippen LogP contribution in [0.2, 0.25) is 0 Å². The number of nitrogens with one attached hydrogen (secondary N) is 1. The molecule has 0 aliphatic carbocycles. The molecule has 0 saturated heterocycles. The Labute approximate surface area is 157 Å². The zero-order chi connectivity index (χ0) is 17.9. The maximum absolute atomic E-state index is 5.42. The van der Waals surface area contributed by atoms with Crippen molar-refractivity contribution < 1.29 is 9.47 Å². The van der Waals surface area contributed by atoms with E-state index in [2.05, 4.69) is 51.2 Å². The van der Waals surface area contributed by atoms with Crippen LogP contribution in [0, 0.1) is 6.92 Å². The van der Waals surface area contributed by atoms with Crippen molar-refractivity contribution in [3.63, 3.8) is 0 Å². The van der Waals surface area contributed by atoms with Crippen molar-refractivity contribution in [2.75, 3.05) is 14.2 Å². The van der Waals surface area contributed by atoms with Crippen molar-refractivity contribution in [1.29, 1.82) is 0 Å². The van der Waals surface area contributed by atoms with E-state index in [9.17, 15) is 0 Å². The molecule has 0 radical (unpaired) electrons. The largest absolute Gasteiger partial charge is 0.493 e. The van der Waals surface area contributed by atoms with E-state index in [1.807, 2.05) is 23.0 Å². The Morgan fingerprint density at radius 1 is 1.16 bits per heavy atom. The molecule has 6 heteroatoms. The summed E-state index contributed by atoms with van der Waals surface area (Å²) in [5.74, 6) is 1.52. The summed E-state index contributed by atoms with van der Waals surface area (Å²) in [6.07, 6.45) is 4.02. The third kappa shape index (κ3) is 5.13. The van der Waals surface area contributed by atoms with Crippen LogP contribution in [-0.2, 0) is 12.1 Å². The van der Waals surface area contributed by atoms with Crippen molar-refractivity contribution in [1.82, 2.24) is 15.1 Å². The highest BCUT2D eigenvalue weighted by Gasteiger charge is 2.16. The molecule has 1 heterocycles. The first kappa shape index (κ1) is 21.3. The molecule has 1 atom stereocenters. The number of halogens is 1. The van der Waals surface area contributed by atoms with Gasteiger partial charge in [-0.2, -0.15) is 5.10 Å². The zero-order valence-electron chi connectivity index (χ0n) is 16.2. The second-order valence-corrected chi connectivity index (χ2v) is 7.13. The number of hydrogen-bond donors (Lipinski definition) is 1. The Morgan fingerprint density at radius 2 is 1.76 bits per heavy atom. The summed E-state index contributed by atoms with van der Waals surface area (Å²) >= 11 is 0. The van der Waals surface area contributed by atoms with Crippen LogP contribution in [0.1, 0.15) is 50.4 Å². The van der Waals surface area contributed by atoms with Gasteiger partial charge in [-0.05, 0) is 57.9 Å². The molecule has 0 fully saturated rings. The Bertz CT molecular complexity index is 692. The van der Waals surface area contributed by atoms with Crippen LogP contribution in [0.3, 0.4) is 0 Å². The van der Waals surface area contributed by atoms with Gasteiger partial charge >= 0.3 is 0 Å². The van der Waals surface area contributed by atoms with E-state index < -0.39 is 0 Å². The van der Waals surface area contributed by atoms with Crippen molar-refractivity contribution in [2.45, 2.75) is 52.7 Å². The fraction of sp³-hybridized carbons (Fsp3) is 0.526. The first-order valence-corrected chi connectivity index (χ1v) is 8.26. The van der Waals surface area contributed by atoms with Gasteiger partial charge in [-0.25, -0.2) is 0 Å². The van der Waals surface area contributed by atoms with Gasteiger partial charge in [-0.3, -0.25) is 4.68 Å². The Kier molecular flexibility index (Phi) is 7.32. The fourth-order valence-corrected chi connectivity index (χ4v) is 2.66. The molecular formula is C19H30ClN3O2. The maximum Gasteiger partial charge on any atom is 0.161 e. The minimum absolute atomic E-state index is 0. The van der Waals surface area contributed by atoms with Gasteiger partial charge in [0.2, 0.25) is 0 Å². The lowest BCUT2D eigenvalue weighted by molar-refractivity contribution is 0.353. The second-order valence-electron chi connectivity index (χ2n) is 7.13. The number of ether oxygens (including phenoxy) is 2. The van der Waals surface area contributed by atoms with Crippen molar-refractivity contribution in [2.24, 2.45) is 0 Å². The Hall–Kier alpha value is -1.72. The number of nitrogens with zero attached hydrogens (tertiary/aromatic N) is 2. The van der Waals surface area contributed by atoms with Gasteiger partial charge in [-0.15, -0.1) is 12.4 Å². The van der Waals surface area contributed by atoms with Gasteiger partial charge in [0.15, 0.2) is 11.5 Å². The molecule has 2 rings (SSSR count). The minimum Gasteiger partial charge on any atom is -0.493 e. The lowest BCUT2D eigenvalue weighted by Crippen LogP contribution is -2.22. The Balaban J connectivity index is 0.00000312. The minimum atomic E-state index is 0. The van der Waals surface area contributed by atoms with E-state index in [1.54, 1.807) is 14.2 Å². The highest BCUT2D eigenvalue weighted by molar-refractivity contribution is 5.85. The average molecular weight is 368 g/mol. The molecule has 140 valence electrons. The van der Waals surface area contributed by atoms with Crippen LogP contribution in [0.25, 0.3) is 0 Å². The van der Waals surface area contributed by atoms with Crippen LogP contribution >= 0.6 is 12.4 Å². The first-order chi connectivity index (χ1) is 11.3. The summed E-state index contributed by atoms with van der Waals surface area (Å²) in [5, 5.41) is 8.01. The summed E-state index contributed by atoms with van der Waals surface area (Å²) < 4.78 is 12.8. The topological polar surface area (TPSA) is 48.3 Å². The molecule has 5 nitrogen and oxygen atoms in total. The van der Waals surface area contributed by atoms with Crippen LogP contribution in [0.5, 0.6) is 11.5 Å². The van der Waals surface area contributed by atoms with Crippen molar-refractivity contribution in [3.05, 3.63) is 41.2 Å². The van der Waals surface area contributed by atoms with E-state index in [1.165, 1.54) is 16.7 Å². The molecule has 0 amide bonds. The molecule has 1 unspecified atom stereocenters. The van der Waals surface area contributed by atoms with Crippen LogP contribution in [0.4, 0.5) is 0 Å². The predicted octanol–water partition coefficient (Wildman–Crippen LogP) is 4.24. The molecule has 1 N–H and O–H groups in total. The molecule has 1 aromatic heterocycles. The van der Waals surface area contributed by atoms with Gasteiger partial charge < -0.3 is 14.8 Å². The lowest BCUT2D eigenvalue weighted by Gasteiger charge is -2.19. The molecule has 2 aromatic rings. The number of aryl methyl sites for hydroxylation is 1. The first-order valence-electron chi connectivity index (χ1n) is 8.26. The van der Waals surface area contributed by atoms with E-state index in [4.69, 9.17) is 9.47 Å². The molecule has 0 aliphatic heterocycles. The molecular weight excluding hydrogens is 338 g/mol. The van der Waals surface area contributed by atoms with E-state index >= 15 is 0 Å². The summed E-state index contributed by atoms with van der Waals surface area (Å²) in [4.78, 5) is 0. The van der Waals surface area contributed by atoms with Crippen LogP contribution < -0.4 is 14.8 Å². The van der Waals surface area contributed by atoms with Gasteiger partial charge in [-0.1, -0.05) is 0 Å². The number of rotatable bonds is 6. The summed E-state index contributed by atoms with van der Waals surface area (Å²) in [6, 6.07) is 4.26. The summed E-state index contributed by atoms with van der Waals surface area (Å²) in [6.45, 7) is 11.5. The molecule has 0 saturated carbocycles. The van der Waals surface area contributed by atoms with Gasteiger partial charge in [0, 0.05) is 24.3 Å². The number of aromatic nitrogens is 2. The van der Waals surface area contributed by atoms with Gasteiger partial charge in [0.1, 0.15) is 0 Å². The SMILES string of the molecule is COc1cc(C)c(C(C)NCc2cnn(C(C)(C)C)c2)cc1OC.Cl. The molecule has 0 aliphatic rings. The molecule has 0 spiro atoms. The summed E-state index contributed by atoms with van der Waals surface area (Å²) in [7, 11) is 3.32. The zero-order valence-corrected chi connectivity index (χ0v) is 17.0. The smallest absolute Gasteiger partial charge is 0.161 e. The fourth-order valence-electron chi connectivity index (χ4n) is 2.66. The van der Waals surface area contributed by atoms with Crippen molar-refractivity contribution >= 4 is 12.4 Å². The third-order valence-electron chi connectivity index (χ3n) is 4.17. The maximum atomic E-state index is 5.42. The predicted molar refractivity (Wildman–Crippen MR) is 104 cm³/mol. The van der Waals surface area contributed by atoms with E-state index in [0.717, 1.165) is 18.0 Å². The lowest BCUT2D eigenvalue weighted by atomic mass is 10.0.